The minimum atomic E-state index is -0.477. The zero-order chi connectivity index (χ0) is 12.3. The molecule has 0 aromatic carbocycles. The van der Waals surface area contributed by atoms with Crippen molar-refractivity contribution in [2.75, 3.05) is 18.1 Å². The normalized spacial score (nSPS) is 15.4. The molecule has 5 nitrogen and oxygen atoms in total. The summed E-state index contributed by atoms with van der Waals surface area (Å²) in [4.78, 5) is 17.6. The van der Waals surface area contributed by atoms with Gasteiger partial charge in [0.1, 0.15) is 5.82 Å². The molecule has 0 bridgehead atoms. The van der Waals surface area contributed by atoms with Gasteiger partial charge in [-0.25, -0.2) is 4.98 Å². The number of nitrogens with zero attached hydrogens (tertiary/aromatic N) is 2. The molecule has 0 unspecified atom stereocenters. The Balaban J connectivity index is 2.30. The van der Waals surface area contributed by atoms with Crippen LogP contribution in [-0.2, 0) is 0 Å². The lowest BCUT2D eigenvalue weighted by atomic mass is 9.91. The summed E-state index contributed by atoms with van der Waals surface area (Å²) in [6.07, 6.45) is 4.99. The van der Waals surface area contributed by atoms with Crippen LogP contribution in [0, 0.1) is 0 Å². The first-order valence-electron chi connectivity index (χ1n) is 5.86. The number of aromatic nitrogens is 1. The number of hydrogen-bond donors (Lipinski definition) is 2. The van der Waals surface area contributed by atoms with Crippen LogP contribution in [0.2, 0.25) is 0 Å². The zero-order valence-electron chi connectivity index (χ0n) is 9.67. The van der Waals surface area contributed by atoms with Crippen LogP contribution in [-0.4, -0.2) is 35.2 Å². The SMILES string of the molecule is NC(=O)c1cccnc1N(CCO)C1CCC1. The molecule has 1 fully saturated rings. The summed E-state index contributed by atoms with van der Waals surface area (Å²) in [6.45, 7) is 0.535. The first-order valence-corrected chi connectivity index (χ1v) is 5.86. The van der Waals surface area contributed by atoms with Crippen LogP contribution in [0.15, 0.2) is 18.3 Å². The van der Waals surface area contributed by atoms with Gasteiger partial charge < -0.3 is 15.7 Å². The van der Waals surface area contributed by atoms with E-state index >= 15 is 0 Å². The Kier molecular flexibility index (Phi) is 3.58. The van der Waals surface area contributed by atoms with Crippen LogP contribution in [0.25, 0.3) is 0 Å². The predicted octanol–water partition coefficient (Wildman–Crippen LogP) is 0.532. The van der Waals surface area contributed by atoms with E-state index < -0.39 is 5.91 Å². The number of nitrogens with two attached hydrogens (primary N) is 1. The molecule has 2 rings (SSSR count). The van der Waals surface area contributed by atoms with Gasteiger partial charge in [0, 0.05) is 18.8 Å². The average Bonchev–Trinajstić information content (AvgIpc) is 2.26. The van der Waals surface area contributed by atoms with Crippen molar-refractivity contribution in [1.82, 2.24) is 4.98 Å². The van der Waals surface area contributed by atoms with Gasteiger partial charge in [0.2, 0.25) is 0 Å². The quantitative estimate of drug-likeness (QED) is 0.780. The topological polar surface area (TPSA) is 79.5 Å². The molecule has 0 spiro atoms. The minimum absolute atomic E-state index is 0.0469. The van der Waals surface area contributed by atoms with Crippen LogP contribution in [0.3, 0.4) is 0 Å². The van der Waals surface area contributed by atoms with Crippen molar-refractivity contribution in [2.45, 2.75) is 25.3 Å². The zero-order valence-corrected chi connectivity index (χ0v) is 9.67. The van der Waals surface area contributed by atoms with E-state index in [1.165, 1.54) is 6.42 Å². The van der Waals surface area contributed by atoms with Gasteiger partial charge in [-0.15, -0.1) is 0 Å². The van der Waals surface area contributed by atoms with Crippen LogP contribution >= 0.6 is 0 Å². The Labute approximate surface area is 100 Å². The average molecular weight is 235 g/mol. The monoisotopic (exact) mass is 235 g/mol. The highest BCUT2D eigenvalue weighted by Gasteiger charge is 2.27. The fourth-order valence-electron chi connectivity index (χ4n) is 2.09. The molecule has 5 heteroatoms. The second-order valence-corrected chi connectivity index (χ2v) is 4.24. The number of anilines is 1. The number of carbonyl (C=O) groups excluding carboxylic acids is 1. The van der Waals surface area contributed by atoms with Crippen molar-refractivity contribution in [3.8, 4) is 0 Å². The van der Waals surface area contributed by atoms with E-state index in [-0.39, 0.29) is 6.61 Å². The van der Waals surface area contributed by atoms with Crippen LogP contribution in [0.5, 0.6) is 0 Å². The van der Waals surface area contributed by atoms with Gasteiger partial charge >= 0.3 is 0 Å². The highest BCUT2D eigenvalue weighted by molar-refractivity contribution is 5.97. The molecular weight excluding hydrogens is 218 g/mol. The van der Waals surface area contributed by atoms with Crippen molar-refractivity contribution >= 4 is 11.7 Å². The molecule has 0 saturated heterocycles. The summed E-state index contributed by atoms with van der Waals surface area (Å²) in [5.41, 5.74) is 5.76. The Morgan fingerprint density at radius 3 is 2.88 bits per heavy atom. The highest BCUT2D eigenvalue weighted by Crippen LogP contribution is 2.29. The summed E-state index contributed by atoms with van der Waals surface area (Å²) >= 11 is 0. The number of carbonyl (C=O) groups is 1. The molecule has 1 amide bonds. The molecule has 1 heterocycles. The second kappa shape index (κ2) is 5.14. The summed E-state index contributed by atoms with van der Waals surface area (Å²) in [7, 11) is 0. The predicted molar refractivity (Wildman–Crippen MR) is 64.8 cm³/mol. The van der Waals surface area contributed by atoms with Gasteiger partial charge in [-0.3, -0.25) is 4.79 Å². The van der Waals surface area contributed by atoms with Crippen molar-refractivity contribution in [2.24, 2.45) is 5.73 Å². The molecule has 1 aromatic rings. The summed E-state index contributed by atoms with van der Waals surface area (Å²) in [5.74, 6) is 0.120. The fraction of sp³-hybridized carbons (Fsp3) is 0.500. The molecular formula is C12H17N3O2. The van der Waals surface area contributed by atoms with Crippen molar-refractivity contribution in [3.05, 3.63) is 23.9 Å². The van der Waals surface area contributed by atoms with E-state index in [9.17, 15) is 4.79 Å². The molecule has 1 aromatic heterocycles. The van der Waals surface area contributed by atoms with Gasteiger partial charge in [0.05, 0.1) is 12.2 Å². The summed E-state index contributed by atoms with van der Waals surface area (Å²) < 4.78 is 0. The van der Waals surface area contributed by atoms with Crippen molar-refractivity contribution in [1.29, 1.82) is 0 Å². The number of hydrogen-bond acceptors (Lipinski definition) is 4. The minimum Gasteiger partial charge on any atom is -0.395 e. The number of aliphatic hydroxyl groups is 1. The van der Waals surface area contributed by atoms with E-state index in [4.69, 9.17) is 10.8 Å². The first-order chi connectivity index (χ1) is 8.24. The summed E-state index contributed by atoms with van der Waals surface area (Å²) in [6, 6.07) is 3.74. The maximum Gasteiger partial charge on any atom is 0.252 e. The number of pyridine rings is 1. The molecule has 3 N–H and O–H groups in total. The molecule has 0 atom stereocenters. The first kappa shape index (κ1) is 11.9. The summed E-state index contributed by atoms with van der Waals surface area (Å²) in [5, 5.41) is 9.11. The third kappa shape index (κ3) is 2.39. The third-order valence-electron chi connectivity index (χ3n) is 3.18. The maximum atomic E-state index is 11.4. The Bertz CT molecular complexity index is 404. The molecule has 0 aliphatic heterocycles. The molecule has 0 radical (unpaired) electrons. The Morgan fingerprint density at radius 2 is 2.35 bits per heavy atom. The smallest absolute Gasteiger partial charge is 0.252 e. The van der Waals surface area contributed by atoms with E-state index in [1.54, 1.807) is 18.3 Å². The molecule has 92 valence electrons. The number of rotatable bonds is 5. The maximum absolute atomic E-state index is 11.4. The van der Waals surface area contributed by atoms with E-state index in [2.05, 4.69) is 4.98 Å². The standard InChI is InChI=1S/C12H17N3O2/c13-11(17)10-5-2-6-14-12(10)15(7-8-16)9-3-1-4-9/h2,5-6,9,16H,1,3-4,7-8H2,(H2,13,17). The van der Waals surface area contributed by atoms with E-state index in [0.717, 1.165) is 12.8 Å². The highest BCUT2D eigenvalue weighted by atomic mass is 16.3. The molecule has 1 saturated carbocycles. The lowest BCUT2D eigenvalue weighted by Crippen LogP contribution is -2.43. The number of primary amides is 1. The Hall–Kier alpha value is -1.62. The largest absolute Gasteiger partial charge is 0.395 e. The number of aliphatic hydroxyl groups excluding tert-OH is 1. The van der Waals surface area contributed by atoms with Crippen LogP contribution in [0.4, 0.5) is 5.82 Å². The van der Waals surface area contributed by atoms with Crippen LogP contribution < -0.4 is 10.6 Å². The van der Waals surface area contributed by atoms with Gasteiger partial charge in [0.15, 0.2) is 0 Å². The number of amides is 1. The van der Waals surface area contributed by atoms with Gasteiger partial charge in [-0.2, -0.15) is 0 Å². The van der Waals surface area contributed by atoms with Crippen molar-refractivity contribution < 1.29 is 9.90 Å². The molecule has 1 aliphatic carbocycles. The van der Waals surface area contributed by atoms with Crippen molar-refractivity contribution in [3.63, 3.8) is 0 Å². The van der Waals surface area contributed by atoms with E-state index in [1.807, 2.05) is 4.90 Å². The van der Waals surface area contributed by atoms with E-state index in [0.29, 0.717) is 24.0 Å². The third-order valence-corrected chi connectivity index (χ3v) is 3.18. The lowest BCUT2D eigenvalue weighted by molar-refractivity contribution is 0.1000. The lowest BCUT2D eigenvalue weighted by Gasteiger charge is -2.38. The van der Waals surface area contributed by atoms with Gasteiger partial charge in [0.25, 0.3) is 5.91 Å². The molecule has 1 aliphatic rings. The molecule has 17 heavy (non-hydrogen) atoms. The fourth-order valence-corrected chi connectivity index (χ4v) is 2.09. The van der Waals surface area contributed by atoms with Gasteiger partial charge in [-0.1, -0.05) is 0 Å². The van der Waals surface area contributed by atoms with Gasteiger partial charge in [-0.05, 0) is 31.4 Å². The Morgan fingerprint density at radius 1 is 1.59 bits per heavy atom. The van der Waals surface area contributed by atoms with Crippen LogP contribution in [0.1, 0.15) is 29.6 Å². The second-order valence-electron chi connectivity index (χ2n) is 4.24.